The Kier molecular flexibility index (Phi) is 7.76. The lowest BCUT2D eigenvalue weighted by molar-refractivity contribution is -0.135. The number of rotatable bonds is 3. The molecule has 3 aliphatic rings. The van der Waals surface area contributed by atoms with E-state index in [1.807, 2.05) is 18.4 Å². The van der Waals surface area contributed by atoms with Crippen molar-refractivity contribution < 1.29 is 19.1 Å². The maximum absolute atomic E-state index is 13.1. The summed E-state index contributed by atoms with van der Waals surface area (Å²) in [6.45, 7) is 4.78. The molecule has 2 fully saturated rings. The lowest BCUT2D eigenvalue weighted by Gasteiger charge is -2.25. The molecule has 2 amide bonds. The molecular formula is C27H36N4O4S. The molecule has 4 bridgehead atoms. The van der Waals surface area contributed by atoms with Gasteiger partial charge in [0.25, 0.3) is 0 Å². The fraction of sp³-hybridized carbons (Fsp3) is 0.593. The van der Waals surface area contributed by atoms with Gasteiger partial charge >= 0.3 is 0 Å². The smallest absolute Gasteiger partial charge is 0.239 e. The summed E-state index contributed by atoms with van der Waals surface area (Å²) >= 11 is 1.54. The Morgan fingerprint density at radius 1 is 1.28 bits per heavy atom. The third-order valence-corrected chi connectivity index (χ3v) is 8.53. The molecular weight excluding hydrogens is 476 g/mol. The fourth-order valence-electron chi connectivity index (χ4n) is 5.96. The molecule has 0 spiro atoms. The predicted molar refractivity (Wildman–Crippen MR) is 138 cm³/mol. The van der Waals surface area contributed by atoms with Gasteiger partial charge in [0.05, 0.1) is 37.4 Å². The molecule has 0 unspecified atom stereocenters. The number of hydrogen-bond donors (Lipinski definition) is 1. The monoisotopic (exact) mass is 512 g/mol. The minimum atomic E-state index is -0.0825. The van der Waals surface area contributed by atoms with E-state index in [2.05, 4.69) is 27.3 Å². The quantitative estimate of drug-likeness (QED) is 0.679. The van der Waals surface area contributed by atoms with E-state index in [-0.39, 0.29) is 24.8 Å². The Bertz CT molecular complexity index is 1090. The van der Waals surface area contributed by atoms with Crippen LogP contribution in [0, 0.1) is 12.8 Å². The van der Waals surface area contributed by atoms with Gasteiger partial charge in [0.1, 0.15) is 0 Å². The van der Waals surface area contributed by atoms with Gasteiger partial charge in [-0.2, -0.15) is 0 Å². The van der Waals surface area contributed by atoms with E-state index in [0.29, 0.717) is 37.7 Å². The topological polar surface area (TPSA) is 84.0 Å². The third-order valence-electron chi connectivity index (χ3n) is 7.71. The van der Waals surface area contributed by atoms with Crippen molar-refractivity contribution in [1.29, 1.82) is 0 Å². The van der Waals surface area contributed by atoms with Crippen molar-refractivity contribution in [3.8, 4) is 11.5 Å². The van der Waals surface area contributed by atoms with Gasteiger partial charge in [-0.3, -0.25) is 14.5 Å². The first-order valence-electron chi connectivity index (χ1n) is 13.0. The van der Waals surface area contributed by atoms with Crippen LogP contribution in [0.3, 0.4) is 0 Å². The zero-order valence-corrected chi connectivity index (χ0v) is 22.0. The van der Waals surface area contributed by atoms with Crippen molar-refractivity contribution in [2.45, 2.75) is 57.5 Å². The molecule has 0 aliphatic carbocycles. The molecule has 2 saturated heterocycles. The molecule has 1 aromatic carbocycles. The summed E-state index contributed by atoms with van der Waals surface area (Å²) in [4.78, 5) is 34.8. The lowest BCUT2D eigenvalue weighted by Crippen LogP contribution is -2.44. The Morgan fingerprint density at radius 3 is 2.97 bits per heavy atom. The summed E-state index contributed by atoms with van der Waals surface area (Å²) in [5.74, 6) is 1.77. The molecule has 8 nitrogen and oxygen atoms in total. The molecule has 36 heavy (non-hydrogen) atoms. The molecule has 3 aliphatic heterocycles. The summed E-state index contributed by atoms with van der Waals surface area (Å²) in [6, 6.07) is 7.10. The number of ether oxygens (including phenoxy) is 2. The number of hydrogen-bond acceptors (Lipinski definition) is 7. The van der Waals surface area contributed by atoms with Crippen molar-refractivity contribution in [2.75, 3.05) is 39.9 Å². The van der Waals surface area contributed by atoms with Crippen LogP contribution in [0.5, 0.6) is 11.5 Å². The average Bonchev–Trinajstić information content (AvgIpc) is 3.58. The highest BCUT2D eigenvalue weighted by Gasteiger charge is 2.44. The largest absolute Gasteiger partial charge is 0.493 e. The SMILES string of the molecule is COc1ccc2cc1OCCCCN(C(=O)Cc1csc(C)n1)CC(=O)NC[C@H]1C[C@H]2N2CCC[C@@H]12. The molecule has 5 rings (SSSR count). The first-order chi connectivity index (χ1) is 17.5. The second-order valence-electron chi connectivity index (χ2n) is 10.1. The standard InChI is InChI=1S/C27H36N4O4S/c1-18-29-21(17-36-18)14-27(33)30-9-3-4-11-35-25-13-19(7-8-24(25)34-2)23-12-20(15-28-26(32)16-30)22-6-5-10-31(22)23/h7-8,13,17,20,22-23H,3-6,9-12,14-16H2,1-2H3,(H,28,32)/t20-,22+,23-/m1/s1. The van der Waals surface area contributed by atoms with Gasteiger partial charge in [-0.25, -0.2) is 4.98 Å². The predicted octanol–water partition coefficient (Wildman–Crippen LogP) is 3.35. The van der Waals surface area contributed by atoms with Crippen LogP contribution in [0.1, 0.15) is 54.4 Å². The molecule has 3 atom stereocenters. The third kappa shape index (κ3) is 5.52. The number of benzene rings is 1. The number of fused-ring (bicyclic) bond motifs is 8. The summed E-state index contributed by atoms with van der Waals surface area (Å²) in [5.41, 5.74) is 2.02. The van der Waals surface area contributed by atoms with Crippen LogP contribution in [0.15, 0.2) is 23.6 Å². The van der Waals surface area contributed by atoms with Gasteiger partial charge < -0.3 is 19.7 Å². The van der Waals surface area contributed by atoms with Gasteiger partial charge in [-0.15, -0.1) is 11.3 Å². The number of nitrogens with zero attached hydrogens (tertiary/aromatic N) is 3. The van der Waals surface area contributed by atoms with Gasteiger partial charge in [-0.1, -0.05) is 6.07 Å². The fourth-order valence-corrected chi connectivity index (χ4v) is 6.57. The molecule has 194 valence electrons. The first kappa shape index (κ1) is 25.0. The summed E-state index contributed by atoms with van der Waals surface area (Å²) in [6.07, 6.45) is 5.09. The van der Waals surface area contributed by atoms with Crippen LogP contribution in [-0.4, -0.2) is 72.5 Å². The minimum Gasteiger partial charge on any atom is -0.493 e. The van der Waals surface area contributed by atoms with Crippen LogP contribution >= 0.6 is 11.3 Å². The number of thiazole rings is 1. The second-order valence-corrected chi connectivity index (χ2v) is 11.1. The van der Waals surface area contributed by atoms with Crippen LogP contribution in [0.4, 0.5) is 0 Å². The normalized spacial score (nSPS) is 25.2. The van der Waals surface area contributed by atoms with Gasteiger partial charge in [-0.05, 0) is 69.2 Å². The van der Waals surface area contributed by atoms with Gasteiger partial charge in [0, 0.05) is 30.6 Å². The maximum atomic E-state index is 13.1. The second kappa shape index (κ2) is 11.2. The van der Waals surface area contributed by atoms with E-state index < -0.39 is 0 Å². The van der Waals surface area contributed by atoms with Crippen molar-refractivity contribution in [3.05, 3.63) is 39.8 Å². The zero-order valence-electron chi connectivity index (χ0n) is 21.2. The van der Waals surface area contributed by atoms with Crippen LogP contribution < -0.4 is 14.8 Å². The van der Waals surface area contributed by atoms with Crippen LogP contribution in [0.25, 0.3) is 0 Å². The highest BCUT2D eigenvalue weighted by molar-refractivity contribution is 7.09. The zero-order chi connectivity index (χ0) is 25.1. The average molecular weight is 513 g/mol. The molecule has 9 heteroatoms. The highest BCUT2D eigenvalue weighted by Crippen LogP contribution is 2.46. The maximum Gasteiger partial charge on any atom is 0.239 e. The highest BCUT2D eigenvalue weighted by atomic mass is 32.1. The van der Waals surface area contributed by atoms with E-state index in [1.165, 1.54) is 23.3 Å². The summed E-state index contributed by atoms with van der Waals surface area (Å²) in [5, 5.41) is 6.03. The van der Waals surface area contributed by atoms with E-state index in [9.17, 15) is 9.59 Å². The van der Waals surface area contributed by atoms with Crippen molar-refractivity contribution in [3.63, 3.8) is 0 Å². The van der Waals surface area contributed by atoms with E-state index in [0.717, 1.165) is 54.4 Å². The van der Waals surface area contributed by atoms with Crippen LogP contribution in [0.2, 0.25) is 0 Å². The summed E-state index contributed by atoms with van der Waals surface area (Å²) in [7, 11) is 1.67. The number of nitrogens with one attached hydrogen (secondary N) is 1. The Balaban J connectivity index is 1.34. The van der Waals surface area contributed by atoms with Crippen LogP contribution in [-0.2, 0) is 16.0 Å². The number of methoxy groups -OCH3 is 1. The lowest BCUT2D eigenvalue weighted by atomic mass is 9.94. The Hall–Kier alpha value is -2.65. The van der Waals surface area contributed by atoms with Gasteiger partial charge in [0.15, 0.2) is 11.5 Å². The molecule has 1 aromatic heterocycles. The molecule has 2 aromatic rings. The van der Waals surface area contributed by atoms with Crippen molar-refractivity contribution >= 4 is 23.2 Å². The minimum absolute atomic E-state index is 0.0604. The van der Waals surface area contributed by atoms with E-state index in [4.69, 9.17) is 9.47 Å². The Labute approximate surface area is 217 Å². The first-order valence-corrected chi connectivity index (χ1v) is 13.9. The Morgan fingerprint density at radius 2 is 2.17 bits per heavy atom. The van der Waals surface area contributed by atoms with Crippen molar-refractivity contribution in [2.24, 2.45) is 5.92 Å². The summed E-state index contributed by atoms with van der Waals surface area (Å²) < 4.78 is 11.7. The number of carbonyl (C=O) groups is 2. The van der Waals surface area contributed by atoms with Gasteiger partial charge in [0.2, 0.25) is 11.8 Å². The molecule has 0 saturated carbocycles. The molecule has 1 N–H and O–H groups in total. The molecule has 0 radical (unpaired) electrons. The number of carbonyl (C=O) groups excluding carboxylic acids is 2. The molecule has 4 heterocycles. The number of aromatic nitrogens is 1. The number of aryl methyl sites for hydroxylation is 1. The van der Waals surface area contributed by atoms with Crippen molar-refractivity contribution in [1.82, 2.24) is 20.1 Å². The number of amides is 2. The van der Waals surface area contributed by atoms with E-state index in [1.54, 1.807) is 12.0 Å². The van der Waals surface area contributed by atoms with E-state index >= 15 is 0 Å².